The predicted molar refractivity (Wildman–Crippen MR) is 69.2 cm³/mol. The highest BCUT2D eigenvalue weighted by Gasteiger charge is 2.27. The summed E-state index contributed by atoms with van der Waals surface area (Å²) in [7, 11) is 0. The van der Waals surface area contributed by atoms with Gasteiger partial charge in [0.2, 0.25) is 5.95 Å². The molecule has 0 aromatic carbocycles. The fourth-order valence-electron chi connectivity index (χ4n) is 2.06. The number of nitrogens with zero attached hydrogens (tertiary/aromatic N) is 2. The van der Waals surface area contributed by atoms with Crippen molar-refractivity contribution in [3.63, 3.8) is 0 Å². The number of nitrogens with one attached hydrogen (secondary N) is 1. The van der Waals surface area contributed by atoms with Gasteiger partial charge in [0.05, 0.1) is 24.8 Å². The summed E-state index contributed by atoms with van der Waals surface area (Å²) in [6.07, 6.45) is 3.35. The lowest BCUT2D eigenvalue weighted by Gasteiger charge is -2.33. The second kappa shape index (κ2) is 5.69. The Balaban J connectivity index is 2.20. The van der Waals surface area contributed by atoms with Crippen LogP contribution in [0, 0.1) is 5.92 Å². The van der Waals surface area contributed by atoms with Crippen LogP contribution in [0.25, 0.3) is 0 Å². The van der Waals surface area contributed by atoms with Crippen molar-refractivity contribution in [2.45, 2.75) is 31.9 Å². The average molecular weight is 273 g/mol. The van der Waals surface area contributed by atoms with Crippen LogP contribution in [-0.2, 0) is 6.61 Å². The number of nitrogen functional groups attached to an aromatic ring is 1. The molecule has 1 aromatic rings. The third kappa shape index (κ3) is 2.66. The molecule has 1 heterocycles. The summed E-state index contributed by atoms with van der Waals surface area (Å²) < 4.78 is 0. The van der Waals surface area contributed by atoms with Gasteiger partial charge in [0.1, 0.15) is 11.0 Å². The van der Waals surface area contributed by atoms with Crippen LogP contribution in [-0.4, -0.2) is 32.8 Å². The van der Waals surface area contributed by atoms with Crippen molar-refractivity contribution in [2.24, 2.45) is 5.92 Å². The van der Waals surface area contributed by atoms with Crippen LogP contribution in [0.2, 0.25) is 5.15 Å². The summed E-state index contributed by atoms with van der Waals surface area (Å²) in [6, 6.07) is -0.0885. The second-order valence-corrected chi connectivity index (χ2v) is 4.84. The van der Waals surface area contributed by atoms with Crippen LogP contribution in [0.15, 0.2) is 0 Å². The molecule has 1 aliphatic carbocycles. The number of hydrogen-bond acceptors (Lipinski definition) is 6. The lowest BCUT2D eigenvalue weighted by atomic mass is 9.80. The van der Waals surface area contributed by atoms with Crippen molar-refractivity contribution < 1.29 is 10.2 Å². The molecule has 18 heavy (non-hydrogen) atoms. The number of aliphatic hydroxyl groups excluding tert-OH is 2. The normalized spacial score (nSPS) is 17.3. The smallest absolute Gasteiger partial charge is 0.223 e. The minimum atomic E-state index is -0.274. The number of rotatable bonds is 5. The fourth-order valence-corrected chi connectivity index (χ4v) is 2.30. The molecule has 0 bridgehead atoms. The second-order valence-electron chi connectivity index (χ2n) is 4.48. The summed E-state index contributed by atoms with van der Waals surface area (Å²) in [4.78, 5) is 7.82. The van der Waals surface area contributed by atoms with Gasteiger partial charge >= 0.3 is 0 Å². The number of halogens is 1. The SMILES string of the molecule is Nc1nc(Cl)c(CO)c(NC(CO)C2CCC2)n1. The summed E-state index contributed by atoms with van der Waals surface area (Å²) in [5.41, 5.74) is 5.94. The Hall–Kier alpha value is -1.11. The van der Waals surface area contributed by atoms with E-state index in [-0.39, 0.29) is 30.4 Å². The zero-order valence-corrected chi connectivity index (χ0v) is 10.7. The number of nitrogens with two attached hydrogens (primary N) is 1. The highest BCUT2D eigenvalue weighted by atomic mass is 35.5. The van der Waals surface area contributed by atoms with E-state index in [1.54, 1.807) is 0 Å². The van der Waals surface area contributed by atoms with Gasteiger partial charge in [-0.15, -0.1) is 0 Å². The van der Waals surface area contributed by atoms with E-state index in [0.29, 0.717) is 17.3 Å². The van der Waals surface area contributed by atoms with Crippen LogP contribution in [0.3, 0.4) is 0 Å². The Kier molecular flexibility index (Phi) is 4.21. The molecule has 1 atom stereocenters. The van der Waals surface area contributed by atoms with E-state index in [9.17, 15) is 10.2 Å². The highest BCUT2D eigenvalue weighted by Crippen LogP contribution is 2.32. The Bertz CT molecular complexity index is 426. The Morgan fingerprint density at radius 1 is 1.39 bits per heavy atom. The van der Waals surface area contributed by atoms with Gasteiger partial charge in [-0.05, 0) is 18.8 Å². The molecule has 1 unspecified atom stereocenters. The molecule has 0 radical (unpaired) electrons. The van der Waals surface area contributed by atoms with Crippen LogP contribution in [0.4, 0.5) is 11.8 Å². The van der Waals surface area contributed by atoms with Crippen molar-refractivity contribution in [2.75, 3.05) is 17.7 Å². The molecule has 2 rings (SSSR count). The van der Waals surface area contributed by atoms with Gasteiger partial charge < -0.3 is 21.3 Å². The highest BCUT2D eigenvalue weighted by molar-refractivity contribution is 6.30. The van der Waals surface area contributed by atoms with Gasteiger partial charge in [-0.25, -0.2) is 4.98 Å². The first-order valence-electron chi connectivity index (χ1n) is 5.95. The lowest BCUT2D eigenvalue weighted by molar-refractivity contribution is 0.186. The summed E-state index contributed by atoms with van der Waals surface area (Å²) >= 11 is 5.90. The van der Waals surface area contributed by atoms with Gasteiger partial charge in [0.25, 0.3) is 0 Å². The van der Waals surface area contributed by atoms with Crippen molar-refractivity contribution in [3.8, 4) is 0 Å². The van der Waals surface area contributed by atoms with E-state index in [1.807, 2.05) is 0 Å². The van der Waals surface area contributed by atoms with E-state index in [2.05, 4.69) is 15.3 Å². The van der Waals surface area contributed by atoms with Gasteiger partial charge in [-0.2, -0.15) is 4.98 Å². The van der Waals surface area contributed by atoms with Crippen molar-refractivity contribution in [3.05, 3.63) is 10.7 Å². The molecule has 6 nitrogen and oxygen atoms in total. The van der Waals surface area contributed by atoms with Crippen LogP contribution in [0.1, 0.15) is 24.8 Å². The van der Waals surface area contributed by atoms with E-state index >= 15 is 0 Å². The van der Waals surface area contributed by atoms with E-state index in [4.69, 9.17) is 17.3 Å². The van der Waals surface area contributed by atoms with Crippen LogP contribution >= 0.6 is 11.6 Å². The van der Waals surface area contributed by atoms with Gasteiger partial charge in [0.15, 0.2) is 0 Å². The largest absolute Gasteiger partial charge is 0.394 e. The fraction of sp³-hybridized carbons (Fsp3) is 0.636. The van der Waals surface area contributed by atoms with E-state index in [0.717, 1.165) is 12.8 Å². The maximum absolute atomic E-state index is 9.39. The molecule has 1 aliphatic rings. The van der Waals surface area contributed by atoms with E-state index in [1.165, 1.54) is 6.42 Å². The molecule has 1 aromatic heterocycles. The lowest BCUT2D eigenvalue weighted by Crippen LogP contribution is -2.37. The van der Waals surface area contributed by atoms with Crippen LogP contribution < -0.4 is 11.1 Å². The molecule has 100 valence electrons. The van der Waals surface area contributed by atoms with Crippen LogP contribution in [0.5, 0.6) is 0 Å². The average Bonchev–Trinajstić information content (AvgIpc) is 2.25. The first-order chi connectivity index (χ1) is 8.65. The maximum atomic E-state index is 9.39. The Morgan fingerprint density at radius 2 is 2.11 bits per heavy atom. The number of anilines is 2. The van der Waals surface area contributed by atoms with Crippen molar-refractivity contribution >= 4 is 23.4 Å². The summed E-state index contributed by atoms with van der Waals surface area (Å²) in [5.74, 6) is 0.877. The maximum Gasteiger partial charge on any atom is 0.223 e. The summed E-state index contributed by atoms with van der Waals surface area (Å²) in [5, 5.41) is 21.9. The topological polar surface area (TPSA) is 104 Å². The molecule has 1 fully saturated rings. The number of hydrogen-bond donors (Lipinski definition) is 4. The standard InChI is InChI=1S/C11H17ClN4O2/c12-9-7(4-17)10(16-11(13)15-9)14-8(5-18)6-2-1-3-6/h6,8,17-18H,1-5H2,(H3,13,14,15,16). The minimum absolute atomic E-state index is 0.0110. The minimum Gasteiger partial charge on any atom is -0.394 e. The molecule has 7 heteroatoms. The van der Waals surface area contributed by atoms with E-state index < -0.39 is 0 Å². The number of aromatic nitrogens is 2. The van der Waals surface area contributed by atoms with Gasteiger partial charge in [-0.3, -0.25) is 0 Å². The number of aliphatic hydroxyl groups is 2. The molecule has 1 saturated carbocycles. The molecule has 0 saturated heterocycles. The van der Waals surface area contributed by atoms with Gasteiger partial charge in [-0.1, -0.05) is 18.0 Å². The third-order valence-corrected chi connectivity index (χ3v) is 3.68. The zero-order valence-electron chi connectivity index (χ0n) is 9.93. The third-order valence-electron chi connectivity index (χ3n) is 3.37. The molecular weight excluding hydrogens is 256 g/mol. The van der Waals surface area contributed by atoms with Crippen molar-refractivity contribution in [1.82, 2.24) is 9.97 Å². The summed E-state index contributed by atoms with van der Waals surface area (Å²) in [6.45, 7) is -0.263. The Morgan fingerprint density at radius 3 is 2.61 bits per heavy atom. The zero-order chi connectivity index (χ0) is 13.1. The first-order valence-corrected chi connectivity index (χ1v) is 6.33. The molecule has 0 amide bonds. The molecular formula is C11H17ClN4O2. The molecule has 0 aliphatic heterocycles. The van der Waals surface area contributed by atoms with Gasteiger partial charge in [0, 0.05) is 0 Å². The molecule has 5 N–H and O–H groups in total. The van der Waals surface area contributed by atoms with Crippen molar-refractivity contribution in [1.29, 1.82) is 0 Å². The first kappa shape index (κ1) is 13.3. The Labute approximate surface area is 110 Å². The molecule has 0 spiro atoms. The predicted octanol–water partition coefficient (Wildman–Crippen LogP) is 0.777. The monoisotopic (exact) mass is 272 g/mol. The quantitative estimate of drug-likeness (QED) is 0.591.